The molecule has 6 heteroatoms. The molecule has 21 heavy (non-hydrogen) atoms. The van der Waals surface area contributed by atoms with Crippen LogP contribution in [0.1, 0.15) is 5.56 Å². The van der Waals surface area contributed by atoms with Crippen LogP contribution in [-0.4, -0.2) is 10.2 Å². The smallest absolute Gasteiger partial charge is 0.277 e. The quantitative estimate of drug-likeness (QED) is 0.603. The minimum absolute atomic E-state index is 0.486. The second kappa shape index (κ2) is 6.52. The van der Waals surface area contributed by atoms with Crippen molar-refractivity contribution >= 4 is 35.0 Å². The van der Waals surface area contributed by atoms with Gasteiger partial charge in [0.15, 0.2) is 0 Å². The molecular weight excluding hydrogens is 327 g/mol. The van der Waals surface area contributed by atoms with Crippen LogP contribution in [0.3, 0.4) is 0 Å². The van der Waals surface area contributed by atoms with E-state index in [0.29, 0.717) is 16.1 Å². The Morgan fingerprint density at radius 2 is 1.76 bits per heavy atom. The average Bonchev–Trinajstić information content (AvgIpc) is 2.95. The monoisotopic (exact) mass is 336 g/mol. The van der Waals surface area contributed by atoms with E-state index >= 15 is 0 Å². The van der Waals surface area contributed by atoms with Crippen molar-refractivity contribution in [2.75, 3.05) is 0 Å². The maximum absolute atomic E-state index is 5.95. The van der Waals surface area contributed by atoms with Crippen molar-refractivity contribution in [2.24, 2.45) is 0 Å². The predicted molar refractivity (Wildman–Crippen MR) is 85.8 cm³/mol. The van der Waals surface area contributed by atoms with Crippen molar-refractivity contribution in [3.05, 3.63) is 64.1 Å². The highest BCUT2D eigenvalue weighted by Crippen LogP contribution is 2.27. The summed E-state index contributed by atoms with van der Waals surface area (Å²) in [6.45, 7) is 0. The van der Waals surface area contributed by atoms with E-state index in [1.54, 1.807) is 12.1 Å². The maximum atomic E-state index is 5.95. The van der Waals surface area contributed by atoms with E-state index in [2.05, 4.69) is 10.2 Å². The van der Waals surface area contributed by atoms with E-state index in [1.807, 2.05) is 36.4 Å². The molecule has 0 fully saturated rings. The fraction of sp³-hybridized carbons (Fsp3) is 0.0667. The molecule has 3 aromatic rings. The highest BCUT2D eigenvalue weighted by molar-refractivity contribution is 7.98. The Bertz CT molecular complexity index is 743. The topological polar surface area (TPSA) is 38.9 Å². The van der Waals surface area contributed by atoms with Crippen molar-refractivity contribution < 1.29 is 4.42 Å². The first-order valence-electron chi connectivity index (χ1n) is 6.17. The maximum Gasteiger partial charge on any atom is 0.277 e. The molecule has 0 unspecified atom stereocenters. The van der Waals surface area contributed by atoms with Crippen LogP contribution in [0, 0.1) is 0 Å². The van der Waals surface area contributed by atoms with E-state index in [0.717, 1.165) is 21.9 Å². The molecule has 0 aliphatic heterocycles. The molecule has 0 aliphatic carbocycles. The zero-order valence-electron chi connectivity index (χ0n) is 10.8. The van der Waals surface area contributed by atoms with Crippen LogP contribution >= 0.6 is 35.0 Å². The normalized spacial score (nSPS) is 10.8. The lowest BCUT2D eigenvalue weighted by Gasteiger charge is -1.98. The lowest BCUT2D eigenvalue weighted by atomic mass is 10.2. The zero-order valence-corrected chi connectivity index (χ0v) is 13.1. The van der Waals surface area contributed by atoms with Gasteiger partial charge >= 0.3 is 0 Å². The third kappa shape index (κ3) is 3.79. The summed E-state index contributed by atoms with van der Waals surface area (Å²) < 4.78 is 5.63. The summed E-state index contributed by atoms with van der Waals surface area (Å²) in [7, 11) is 0. The van der Waals surface area contributed by atoms with Crippen LogP contribution in [0.2, 0.25) is 10.0 Å². The largest absolute Gasteiger partial charge is 0.411 e. The molecular formula is C15H10Cl2N2OS. The summed E-state index contributed by atoms with van der Waals surface area (Å²) in [5, 5.41) is 10.00. The molecule has 0 aliphatic rings. The van der Waals surface area contributed by atoms with Gasteiger partial charge in [0.25, 0.3) is 5.22 Å². The van der Waals surface area contributed by atoms with Crippen molar-refractivity contribution in [1.29, 1.82) is 0 Å². The van der Waals surface area contributed by atoms with E-state index in [4.69, 9.17) is 27.6 Å². The summed E-state index contributed by atoms with van der Waals surface area (Å²) in [5.41, 5.74) is 1.96. The molecule has 1 heterocycles. The Kier molecular flexibility index (Phi) is 4.48. The molecule has 3 nitrogen and oxygen atoms in total. The highest BCUT2D eigenvalue weighted by Gasteiger charge is 2.09. The van der Waals surface area contributed by atoms with Crippen LogP contribution in [-0.2, 0) is 5.75 Å². The number of thioether (sulfide) groups is 1. The third-order valence-electron chi connectivity index (χ3n) is 2.75. The van der Waals surface area contributed by atoms with Crippen LogP contribution in [0.25, 0.3) is 11.5 Å². The fourth-order valence-electron chi connectivity index (χ4n) is 1.75. The number of hydrogen-bond donors (Lipinski definition) is 0. The standard InChI is InChI=1S/C15H10Cl2N2OS/c16-12-6-4-11(5-7-12)14-18-19-15(20-14)21-9-10-2-1-3-13(17)8-10/h1-8H,9H2. The molecule has 0 saturated carbocycles. The van der Waals surface area contributed by atoms with E-state index < -0.39 is 0 Å². The molecule has 0 N–H and O–H groups in total. The Morgan fingerprint density at radius 1 is 0.952 bits per heavy atom. The van der Waals surface area contributed by atoms with E-state index in [-0.39, 0.29) is 0 Å². The number of aromatic nitrogens is 2. The fourth-order valence-corrected chi connectivity index (χ4v) is 2.79. The van der Waals surface area contributed by atoms with Gasteiger partial charge in [0.2, 0.25) is 5.89 Å². The number of hydrogen-bond acceptors (Lipinski definition) is 4. The highest BCUT2D eigenvalue weighted by atomic mass is 35.5. The van der Waals surface area contributed by atoms with E-state index in [1.165, 1.54) is 11.8 Å². The van der Waals surface area contributed by atoms with Gasteiger partial charge in [0.05, 0.1) is 0 Å². The first-order chi connectivity index (χ1) is 10.2. The molecule has 106 valence electrons. The van der Waals surface area contributed by atoms with Gasteiger partial charge < -0.3 is 4.42 Å². The summed E-state index contributed by atoms with van der Waals surface area (Å²) in [5.74, 6) is 1.21. The second-order valence-corrected chi connectivity index (χ2v) is 6.10. The van der Waals surface area contributed by atoms with Gasteiger partial charge in [-0.3, -0.25) is 0 Å². The summed E-state index contributed by atoms with van der Waals surface area (Å²) >= 11 is 13.3. The molecule has 0 radical (unpaired) electrons. The summed E-state index contributed by atoms with van der Waals surface area (Å²) in [6, 6.07) is 15.0. The molecule has 3 rings (SSSR count). The minimum atomic E-state index is 0.486. The third-order valence-corrected chi connectivity index (χ3v) is 4.13. The van der Waals surface area contributed by atoms with Gasteiger partial charge in [-0.1, -0.05) is 47.1 Å². The SMILES string of the molecule is Clc1ccc(-c2nnc(SCc3cccc(Cl)c3)o2)cc1. The lowest BCUT2D eigenvalue weighted by molar-refractivity contribution is 0.466. The molecule has 1 aromatic heterocycles. The lowest BCUT2D eigenvalue weighted by Crippen LogP contribution is -1.80. The molecule has 2 aromatic carbocycles. The Balaban J connectivity index is 1.69. The van der Waals surface area contributed by atoms with Crippen molar-refractivity contribution in [2.45, 2.75) is 11.0 Å². The summed E-state index contributed by atoms with van der Waals surface area (Å²) in [6.07, 6.45) is 0. The zero-order chi connectivity index (χ0) is 14.7. The van der Waals surface area contributed by atoms with Crippen LogP contribution in [0.5, 0.6) is 0 Å². The van der Waals surface area contributed by atoms with Crippen molar-refractivity contribution in [1.82, 2.24) is 10.2 Å². The Morgan fingerprint density at radius 3 is 2.52 bits per heavy atom. The van der Waals surface area contributed by atoms with Crippen LogP contribution in [0.15, 0.2) is 58.2 Å². The Hall–Kier alpha value is -1.49. The van der Waals surface area contributed by atoms with Gasteiger partial charge in [0, 0.05) is 21.4 Å². The van der Waals surface area contributed by atoms with Crippen molar-refractivity contribution in [3.63, 3.8) is 0 Å². The minimum Gasteiger partial charge on any atom is -0.411 e. The van der Waals surface area contributed by atoms with Crippen LogP contribution < -0.4 is 0 Å². The van der Waals surface area contributed by atoms with Gasteiger partial charge in [-0.25, -0.2) is 0 Å². The first-order valence-corrected chi connectivity index (χ1v) is 7.91. The molecule has 0 bridgehead atoms. The van der Waals surface area contributed by atoms with Gasteiger partial charge in [-0.2, -0.15) is 0 Å². The van der Waals surface area contributed by atoms with E-state index in [9.17, 15) is 0 Å². The van der Waals surface area contributed by atoms with Gasteiger partial charge in [-0.05, 0) is 42.0 Å². The molecule has 0 amide bonds. The second-order valence-electron chi connectivity index (χ2n) is 4.30. The molecule has 0 atom stereocenters. The number of rotatable bonds is 4. The predicted octanol–water partition coefficient (Wildman–Crippen LogP) is 5.34. The number of nitrogens with zero attached hydrogens (tertiary/aromatic N) is 2. The first kappa shape index (κ1) is 14.4. The summed E-state index contributed by atoms with van der Waals surface area (Å²) in [4.78, 5) is 0. The van der Waals surface area contributed by atoms with Gasteiger partial charge in [0.1, 0.15) is 0 Å². The van der Waals surface area contributed by atoms with Gasteiger partial charge in [-0.15, -0.1) is 10.2 Å². The van der Waals surface area contributed by atoms with Crippen molar-refractivity contribution in [3.8, 4) is 11.5 Å². The molecule has 0 spiro atoms. The van der Waals surface area contributed by atoms with Crippen LogP contribution in [0.4, 0.5) is 0 Å². The average molecular weight is 337 g/mol. The Labute approximate surface area is 136 Å². The number of benzene rings is 2. The molecule has 0 saturated heterocycles. The number of halogens is 2.